The second kappa shape index (κ2) is 6.31. The Balaban J connectivity index is 1.82. The first-order valence-electron chi connectivity index (χ1n) is 7.13. The molecule has 0 bridgehead atoms. The molecule has 0 spiro atoms. The number of amides is 1. The first-order valence-corrected chi connectivity index (χ1v) is 7.13. The van der Waals surface area contributed by atoms with Crippen molar-refractivity contribution in [1.29, 1.82) is 0 Å². The summed E-state index contributed by atoms with van der Waals surface area (Å²) in [6, 6.07) is 9.76. The SMILES string of the molecule is Cc1ccc(CC(N)=O)cc1Nc1ncc(-c2ccncc2)o1. The van der Waals surface area contributed by atoms with Gasteiger partial charge in [0, 0.05) is 23.6 Å². The lowest BCUT2D eigenvalue weighted by atomic mass is 10.1. The van der Waals surface area contributed by atoms with Crippen LogP contribution in [0.5, 0.6) is 0 Å². The second-order valence-electron chi connectivity index (χ2n) is 5.18. The number of carbonyl (C=O) groups excluding carboxylic acids is 1. The molecule has 23 heavy (non-hydrogen) atoms. The van der Waals surface area contributed by atoms with Gasteiger partial charge in [0.15, 0.2) is 5.76 Å². The normalized spacial score (nSPS) is 10.5. The highest BCUT2D eigenvalue weighted by molar-refractivity contribution is 5.77. The Morgan fingerprint density at radius 1 is 1.26 bits per heavy atom. The number of pyridine rings is 1. The minimum Gasteiger partial charge on any atom is -0.423 e. The molecule has 3 N–H and O–H groups in total. The Kier molecular flexibility index (Phi) is 4.05. The van der Waals surface area contributed by atoms with Crippen molar-refractivity contribution in [2.45, 2.75) is 13.3 Å². The fraction of sp³-hybridized carbons (Fsp3) is 0.118. The van der Waals surface area contributed by atoms with Gasteiger partial charge in [-0.1, -0.05) is 12.1 Å². The van der Waals surface area contributed by atoms with Gasteiger partial charge in [0.05, 0.1) is 12.6 Å². The van der Waals surface area contributed by atoms with Gasteiger partial charge in [-0.05, 0) is 36.2 Å². The van der Waals surface area contributed by atoms with Gasteiger partial charge in [0.1, 0.15) is 0 Å². The standard InChI is InChI=1S/C17H16N4O2/c1-11-2-3-12(9-16(18)22)8-14(11)21-17-20-10-15(23-17)13-4-6-19-7-5-13/h2-8,10H,9H2,1H3,(H2,18,22)(H,20,21). The molecule has 0 radical (unpaired) electrons. The Bertz CT molecular complexity index is 828. The third kappa shape index (κ3) is 3.55. The first kappa shape index (κ1) is 14.8. The van der Waals surface area contributed by atoms with E-state index >= 15 is 0 Å². The van der Waals surface area contributed by atoms with Gasteiger partial charge < -0.3 is 15.5 Å². The molecule has 0 aliphatic rings. The van der Waals surface area contributed by atoms with Crippen molar-refractivity contribution in [3.63, 3.8) is 0 Å². The highest BCUT2D eigenvalue weighted by Crippen LogP contribution is 2.26. The minimum atomic E-state index is -0.365. The van der Waals surface area contributed by atoms with Gasteiger partial charge in [0.2, 0.25) is 5.91 Å². The summed E-state index contributed by atoms with van der Waals surface area (Å²) in [5.41, 5.74) is 8.82. The van der Waals surface area contributed by atoms with E-state index in [2.05, 4.69) is 15.3 Å². The summed E-state index contributed by atoms with van der Waals surface area (Å²) >= 11 is 0. The zero-order valence-corrected chi connectivity index (χ0v) is 12.6. The quantitative estimate of drug-likeness (QED) is 0.756. The number of primary amides is 1. The average Bonchev–Trinajstić information content (AvgIpc) is 3.00. The number of oxazole rings is 1. The molecule has 1 amide bonds. The first-order chi connectivity index (χ1) is 11.1. The number of hydrogen-bond donors (Lipinski definition) is 2. The van der Waals surface area contributed by atoms with Crippen LogP contribution in [-0.4, -0.2) is 15.9 Å². The fourth-order valence-corrected chi connectivity index (χ4v) is 2.21. The summed E-state index contributed by atoms with van der Waals surface area (Å²) in [7, 11) is 0. The lowest BCUT2D eigenvalue weighted by Gasteiger charge is -2.08. The van der Waals surface area contributed by atoms with Crippen molar-refractivity contribution in [1.82, 2.24) is 9.97 Å². The van der Waals surface area contributed by atoms with Crippen LogP contribution in [0.2, 0.25) is 0 Å². The molecule has 6 nitrogen and oxygen atoms in total. The van der Waals surface area contributed by atoms with E-state index in [-0.39, 0.29) is 12.3 Å². The van der Waals surface area contributed by atoms with Crippen LogP contribution in [0.25, 0.3) is 11.3 Å². The Hall–Kier alpha value is -3.15. The highest BCUT2D eigenvalue weighted by atomic mass is 16.4. The van der Waals surface area contributed by atoms with Crippen molar-refractivity contribution in [2.24, 2.45) is 5.73 Å². The molecule has 2 aromatic heterocycles. The zero-order chi connectivity index (χ0) is 16.2. The van der Waals surface area contributed by atoms with E-state index in [4.69, 9.17) is 10.2 Å². The van der Waals surface area contributed by atoms with Gasteiger partial charge >= 0.3 is 0 Å². The van der Waals surface area contributed by atoms with Gasteiger partial charge in [-0.2, -0.15) is 0 Å². The molecule has 0 saturated heterocycles. The lowest BCUT2D eigenvalue weighted by molar-refractivity contribution is -0.117. The fourth-order valence-electron chi connectivity index (χ4n) is 2.21. The van der Waals surface area contributed by atoms with E-state index in [0.717, 1.165) is 22.4 Å². The topological polar surface area (TPSA) is 94.0 Å². The number of nitrogens with one attached hydrogen (secondary N) is 1. The molecule has 116 valence electrons. The molecule has 0 aliphatic carbocycles. The number of rotatable bonds is 5. The van der Waals surface area contributed by atoms with Crippen LogP contribution in [0.4, 0.5) is 11.7 Å². The molecule has 0 unspecified atom stereocenters. The molecule has 0 aliphatic heterocycles. The maximum atomic E-state index is 11.0. The van der Waals surface area contributed by atoms with E-state index in [9.17, 15) is 4.79 Å². The van der Waals surface area contributed by atoms with Gasteiger partial charge in [-0.3, -0.25) is 9.78 Å². The molecular weight excluding hydrogens is 292 g/mol. The molecule has 0 atom stereocenters. The monoisotopic (exact) mass is 308 g/mol. The van der Waals surface area contributed by atoms with Gasteiger partial charge in [-0.15, -0.1) is 0 Å². The summed E-state index contributed by atoms with van der Waals surface area (Å²) in [6.07, 6.45) is 5.24. The number of nitrogens with two attached hydrogens (primary N) is 1. The van der Waals surface area contributed by atoms with Crippen LogP contribution in [0.3, 0.4) is 0 Å². The van der Waals surface area contributed by atoms with Crippen molar-refractivity contribution in [3.05, 3.63) is 60.0 Å². The predicted molar refractivity (Wildman–Crippen MR) is 87.1 cm³/mol. The van der Waals surface area contributed by atoms with Crippen LogP contribution in [-0.2, 0) is 11.2 Å². The van der Waals surface area contributed by atoms with Gasteiger partial charge in [0.25, 0.3) is 6.01 Å². The third-order valence-corrected chi connectivity index (χ3v) is 3.39. The van der Waals surface area contributed by atoms with Crippen molar-refractivity contribution >= 4 is 17.6 Å². The molecular formula is C17H16N4O2. The van der Waals surface area contributed by atoms with E-state index < -0.39 is 0 Å². The van der Waals surface area contributed by atoms with E-state index in [1.807, 2.05) is 37.3 Å². The van der Waals surface area contributed by atoms with E-state index in [1.165, 1.54) is 0 Å². The van der Waals surface area contributed by atoms with Crippen LogP contribution < -0.4 is 11.1 Å². The lowest BCUT2D eigenvalue weighted by Crippen LogP contribution is -2.13. The number of carbonyl (C=O) groups is 1. The summed E-state index contributed by atoms with van der Waals surface area (Å²) < 4.78 is 5.71. The molecule has 0 fully saturated rings. The maximum absolute atomic E-state index is 11.0. The summed E-state index contributed by atoms with van der Waals surface area (Å²) in [5.74, 6) is 0.289. The Labute approximate surface area is 133 Å². The summed E-state index contributed by atoms with van der Waals surface area (Å²) in [4.78, 5) is 19.3. The number of benzene rings is 1. The van der Waals surface area contributed by atoms with Crippen LogP contribution in [0.15, 0.2) is 53.3 Å². The van der Waals surface area contributed by atoms with Crippen molar-refractivity contribution in [2.75, 3.05) is 5.32 Å². The van der Waals surface area contributed by atoms with Crippen LogP contribution >= 0.6 is 0 Å². The number of aromatic nitrogens is 2. The molecule has 0 saturated carbocycles. The van der Waals surface area contributed by atoms with Crippen LogP contribution in [0.1, 0.15) is 11.1 Å². The second-order valence-corrected chi connectivity index (χ2v) is 5.18. The molecule has 6 heteroatoms. The van der Waals surface area contributed by atoms with E-state index in [0.29, 0.717) is 11.8 Å². The smallest absolute Gasteiger partial charge is 0.299 e. The van der Waals surface area contributed by atoms with Gasteiger partial charge in [-0.25, -0.2) is 4.98 Å². The zero-order valence-electron chi connectivity index (χ0n) is 12.6. The summed E-state index contributed by atoms with van der Waals surface area (Å²) in [5, 5.41) is 3.13. The number of nitrogens with zero attached hydrogens (tertiary/aromatic N) is 2. The maximum Gasteiger partial charge on any atom is 0.299 e. The predicted octanol–water partition coefficient (Wildman–Crippen LogP) is 2.82. The van der Waals surface area contributed by atoms with Crippen molar-refractivity contribution < 1.29 is 9.21 Å². The number of aryl methyl sites for hydroxylation is 1. The highest BCUT2D eigenvalue weighted by Gasteiger charge is 2.09. The van der Waals surface area contributed by atoms with E-state index in [1.54, 1.807) is 18.6 Å². The third-order valence-electron chi connectivity index (χ3n) is 3.39. The molecule has 1 aromatic carbocycles. The average molecular weight is 308 g/mol. The minimum absolute atomic E-state index is 0.197. The number of anilines is 2. The molecule has 3 rings (SSSR count). The molecule has 2 heterocycles. The molecule has 3 aromatic rings. The number of hydrogen-bond acceptors (Lipinski definition) is 5. The Morgan fingerprint density at radius 3 is 2.78 bits per heavy atom. The largest absolute Gasteiger partial charge is 0.423 e. The van der Waals surface area contributed by atoms with Crippen LogP contribution in [0, 0.1) is 6.92 Å². The Morgan fingerprint density at radius 2 is 2.04 bits per heavy atom. The van der Waals surface area contributed by atoms with Crippen molar-refractivity contribution in [3.8, 4) is 11.3 Å². The summed E-state index contributed by atoms with van der Waals surface area (Å²) in [6.45, 7) is 1.96.